The first-order chi connectivity index (χ1) is 16.0. The normalized spacial score (nSPS) is 13.2. The Kier molecular flexibility index (Phi) is 17.1. The summed E-state index contributed by atoms with van der Waals surface area (Å²) in [6.45, 7) is 9.26. The van der Waals surface area contributed by atoms with Crippen LogP contribution in [-0.2, 0) is 12.6 Å². The molecule has 0 nitrogen and oxygen atoms in total. The fourth-order valence-electron chi connectivity index (χ4n) is 5.32. The zero-order valence-electron chi connectivity index (χ0n) is 23.0. The van der Waals surface area contributed by atoms with Crippen LogP contribution in [0, 0.1) is 0 Å². The molecule has 0 aliphatic rings. The molecule has 0 bridgehead atoms. The van der Waals surface area contributed by atoms with Gasteiger partial charge in [-0.15, -0.1) is 0 Å². The van der Waals surface area contributed by atoms with Gasteiger partial charge in [-0.05, 0) is 0 Å². The summed E-state index contributed by atoms with van der Waals surface area (Å²) < 4.78 is 0. The van der Waals surface area contributed by atoms with E-state index < -0.39 is 5.96 Å². The number of aryl methyl sites for hydroxylation is 1. The van der Waals surface area contributed by atoms with Gasteiger partial charge in [0.1, 0.15) is 0 Å². The summed E-state index contributed by atoms with van der Waals surface area (Å²) in [6, 6.07) is 9.64. The van der Waals surface area contributed by atoms with E-state index in [1.54, 1.807) is 0 Å². The molecule has 1 rings (SSSR count). The van der Waals surface area contributed by atoms with E-state index in [4.69, 9.17) is 11.2 Å². The molecule has 0 aliphatic heterocycles. The van der Waals surface area contributed by atoms with Crippen LogP contribution in [0.1, 0.15) is 142 Å². The molecular weight excluding hydrogens is 439 g/mol. The third-order valence-electron chi connectivity index (χ3n) is 7.63. The van der Waals surface area contributed by atoms with E-state index in [-0.39, 0.29) is 0 Å². The molecule has 194 valence electrons. The van der Waals surface area contributed by atoms with Crippen LogP contribution in [-0.4, -0.2) is 18.5 Å². The summed E-state index contributed by atoms with van der Waals surface area (Å²) in [7, 11) is 0. The van der Waals surface area contributed by atoms with Crippen molar-refractivity contribution in [3.63, 3.8) is 0 Å². The van der Waals surface area contributed by atoms with E-state index in [0.29, 0.717) is 0 Å². The van der Waals surface area contributed by atoms with Gasteiger partial charge < -0.3 is 0 Å². The first-order valence-corrected chi connectivity index (χ1v) is 18.7. The maximum atomic E-state index is 7.82. The van der Waals surface area contributed by atoms with Crippen LogP contribution in [0.4, 0.5) is 0 Å². The average Bonchev–Trinajstić information content (AvgIpc) is 2.83. The molecule has 0 aliphatic carbocycles. The maximum absolute atomic E-state index is 7.82. The second-order valence-corrected chi connectivity index (χ2v) is 19.1. The molecular formula is C31H58ClP. The predicted octanol–water partition coefficient (Wildman–Crippen LogP) is 11.8. The van der Waals surface area contributed by atoms with Crippen molar-refractivity contribution < 1.29 is 0 Å². The Bertz CT molecular complexity index is 555. The van der Waals surface area contributed by atoms with Gasteiger partial charge in [0.2, 0.25) is 0 Å². The van der Waals surface area contributed by atoms with Gasteiger partial charge in [-0.2, -0.15) is 0 Å². The van der Waals surface area contributed by atoms with Crippen molar-refractivity contribution in [1.82, 2.24) is 0 Å². The van der Waals surface area contributed by atoms with Crippen LogP contribution >= 0.6 is 17.2 Å². The average molecular weight is 497 g/mol. The van der Waals surface area contributed by atoms with Gasteiger partial charge in [-0.3, -0.25) is 0 Å². The molecule has 0 aromatic heterocycles. The molecule has 1 aromatic rings. The Morgan fingerprint density at radius 3 is 1.27 bits per heavy atom. The molecule has 0 heterocycles. The molecule has 33 heavy (non-hydrogen) atoms. The van der Waals surface area contributed by atoms with E-state index in [9.17, 15) is 0 Å². The quantitative estimate of drug-likeness (QED) is 0.110. The van der Waals surface area contributed by atoms with Gasteiger partial charge in [0.25, 0.3) is 0 Å². The van der Waals surface area contributed by atoms with E-state index in [2.05, 4.69) is 52.0 Å². The van der Waals surface area contributed by atoms with E-state index >= 15 is 0 Å². The first kappa shape index (κ1) is 31.0. The van der Waals surface area contributed by atoms with Crippen LogP contribution in [0.5, 0.6) is 0 Å². The number of rotatable bonds is 22. The summed E-state index contributed by atoms with van der Waals surface area (Å²) >= 11 is 7.82. The summed E-state index contributed by atoms with van der Waals surface area (Å²) in [4.78, 5) is 0. The van der Waals surface area contributed by atoms with Crippen molar-refractivity contribution >= 4 is 17.2 Å². The molecule has 0 amide bonds. The van der Waals surface area contributed by atoms with E-state index in [1.165, 1.54) is 139 Å². The van der Waals surface area contributed by atoms with Gasteiger partial charge in [0.15, 0.2) is 0 Å². The Labute approximate surface area is 213 Å². The molecule has 1 aromatic carbocycles. The van der Waals surface area contributed by atoms with Crippen molar-refractivity contribution in [2.45, 2.75) is 143 Å². The van der Waals surface area contributed by atoms with Crippen molar-refractivity contribution in [3.8, 4) is 0 Å². The molecule has 0 N–H and O–H groups in total. The van der Waals surface area contributed by atoms with E-state index in [0.717, 1.165) is 6.16 Å². The fraction of sp³-hybridized carbons (Fsp3) is 0.806. The minimum absolute atomic E-state index is 1.16. The number of hydrogen-bond acceptors (Lipinski definition) is 0. The van der Waals surface area contributed by atoms with Crippen molar-refractivity contribution in [2.75, 3.05) is 18.5 Å². The summed E-state index contributed by atoms with van der Waals surface area (Å²) in [5, 5.41) is 0. The Balaban J connectivity index is 2.52. The molecule has 0 saturated heterocycles. The molecule has 0 spiro atoms. The number of benzene rings is 1. The van der Waals surface area contributed by atoms with Gasteiger partial charge in [0.05, 0.1) is 0 Å². The molecule has 0 unspecified atom stereocenters. The molecule has 0 atom stereocenters. The monoisotopic (exact) mass is 496 g/mol. The molecule has 0 radical (unpaired) electrons. The van der Waals surface area contributed by atoms with Crippen molar-refractivity contribution in [2.24, 2.45) is 0 Å². The minimum atomic E-state index is -2.19. The van der Waals surface area contributed by atoms with Crippen LogP contribution in [0.3, 0.4) is 0 Å². The van der Waals surface area contributed by atoms with Crippen LogP contribution in [0.25, 0.3) is 0 Å². The van der Waals surface area contributed by atoms with Gasteiger partial charge in [-0.25, -0.2) is 0 Å². The Hall–Kier alpha value is -0.0600. The van der Waals surface area contributed by atoms with Crippen molar-refractivity contribution in [1.29, 1.82) is 0 Å². The number of halogens is 1. The predicted molar refractivity (Wildman–Crippen MR) is 158 cm³/mol. The summed E-state index contributed by atoms with van der Waals surface area (Å²) in [5.74, 6) is -2.19. The molecule has 0 fully saturated rings. The van der Waals surface area contributed by atoms with Crippen LogP contribution in [0.2, 0.25) is 0 Å². The number of hydrogen-bond donors (Lipinski definition) is 0. The standard InChI is InChI=1S/C31H58ClP/c1-5-9-13-14-15-16-17-18-19-20-21-30-22-24-31(25-23-30)29-33(32,26-10-6-2,27-11-7-3)28-12-8-4/h22-25H,5-21,26-29H2,1-4H3. The SMILES string of the molecule is CCCCCCCCCCCCc1ccc(CP(Cl)(CCCC)(CCCC)CCCC)cc1. The van der Waals surface area contributed by atoms with Crippen LogP contribution < -0.4 is 0 Å². The Morgan fingerprint density at radius 2 is 0.848 bits per heavy atom. The number of unbranched alkanes of at least 4 members (excludes halogenated alkanes) is 12. The Morgan fingerprint density at radius 1 is 0.485 bits per heavy atom. The summed E-state index contributed by atoms with van der Waals surface area (Å²) in [5.41, 5.74) is 3.02. The topological polar surface area (TPSA) is 0 Å². The zero-order chi connectivity index (χ0) is 24.3. The zero-order valence-corrected chi connectivity index (χ0v) is 24.6. The van der Waals surface area contributed by atoms with Crippen molar-refractivity contribution in [3.05, 3.63) is 35.4 Å². The first-order valence-electron chi connectivity index (χ1n) is 14.8. The fourth-order valence-corrected chi connectivity index (χ4v) is 12.4. The van der Waals surface area contributed by atoms with Crippen LogP contribution in [0.15, 0.2) is 24.3 Å². The van der Waals surface area contributed by atoms with Gasteiger partial charge in [0, 0.05) is 0 Å². The third kappa shape index (κ3) is 13.6. The summed E-state index contributed by atoms with van der Waals surface area (Å²) in [6.07, 6.45) is 28.1. The van der Waals surface area contributed by atoms with Gasteiger partial charge in [-0.1, -0.05) is 32.6 Å². The second kappa shape index (κ2) is 18.2. The van der Waals surface area contributed by atoms with Gasteiger partial charge >= 0.3 is 181 Å². The molecule has 0 saturated carbocycles. The molecule has 2 heteroatoms. The second-order valence-electron chi connectivity index (χ2n) is 11.0. The third-order valence-corrected chi connectivity index (χ3v) is 15.0. The van der Waals surface area contributed by atoms with E-state index in [1.807, 2.05) is 0 Å².